The summed E-state index contributed by atoms with van der Waals surface area (Å²) in [5.41, 5.74) is 7.84. The number of benzene rings is 4. The molecular formula is C40H39Cl2N3O8. The number of halogens is 2. The molecule has 2 aliphatic rings. The Morgan fingerprint density at radius 3 is 1.47 bits per heavy atom. The number of oxime groups is 1. The number of carbonyl (C=O) groups is 5. The third-order valence-electron chi connectivity index (χ3n) is 8.79. The Bertz CT molecular complexity index is 1980. The molecule has 11 nitrogen and oxygen atoms in total. The quantitative estimate of drug-likeness (QED) is 0.152. The Hall–Kier alpha value is -5.52. The van der Waals surface area contributed by atoms with Crippen LogP contribution in [0.25, 0.3) is 22.3 Å². The molecule has 0 bridgehead atoms. The topological polar surface area (TPSA) is 154 Å². The van der Waals surface area contributed by atoms with Crippen molar-refractivity contribution in [3.05, 3.63) is 119 Å². The van der Waals surface area contributed by atoms with Crippen molar-refractivity contribution in [2.24, 2.45) is 5.16 Å². The van der Waals surface area contributed by atoms with Gasteiger partial charge in [0.1, 0.15) is 19.2 Å². The van der Waals surface area contributed by atoms with Gasteiger partial charge in [-0.1, -0.05) is 78.0 Å². The molecule has 0 saturated carbocycles. The van der Waals surface area contributed by atoms with E-state index in [4.69, 9.17) is 28.0 Å². The van der Waals surface area contributed by atoms with Gasteiger partial charge in [-0.15, -0.1) is 23.2 Å². The average molecular weight is 761 g/mol. The van der Waals surface area contributed by atoms with E-state index >= 15 is 0 Å². The molecule has 2 amide bonds. The van der Waals surface area contributed by atoms with Gasteiger partial charge >= 0.3 is 11.9 Å². The minimum absolute atomic E-state index is 0.123. The van der Waals surface area contributed by atoms with Crippen LogP contribution in [0, 0.1) is 13.8 Å². The van der Waals surface area contributed by atoms with Gasteiger partial charge in [-0.2, -0.15) is 0 Å². The Balaban J connectivity index is 0.000000221. The lowest BCUT2D eigenvalue weighted by atomic mass is 9.99. The smallest absolute Gasteiger partial charge is 0.326 e. The molecule has 6 rings (SSSR count). The number of Topliss-reactive ketones (excluding diaryl/α,β-unsaturated/α-hetero) is 1. The third-order valence-corrected chi connectivity index (χ3v) is 8.79. The van der Waals surface area contributed by atoms with E-state index in [0.29, 0.717) is 16.8 Å². The highest BCUT2D eigenvalue weighted by Crippen LogP contribution is 2.27. The van der Waals surface area contributed by atoms with E-state index in [9.17, 15) is 34.2 Å². The summed E-state index contributed by atoms with van der Waals surface area (Å²) in [5.74, 6) is -3.17. The number of carboxylic acid groups (broad SMARTS) is 2. The van der Waals surface area contributed by atoms with Crippen LogP contribution in [0.3, 0.4) is 0 Å². The molecule has 4 aromatic carbocycles. The van der Waals surface area contributed by atoms with Crippen molar-refractivity contribution in [1.29, 1.82) is 0 Å². The lowest BCUT2D eigenvalue weighted by Gasteiger charge is -2.20. The monoisotopic (exact) mass is 759 g/mol. The summed E-state index contributed by atoms with van der Waals surface area (Å²) in [4.78, 5) is 66.7. The van der Waals surface area contributed by atoms with Crippen molar-refractivity contribution in [1.82, 2.24) is 9.80 Å². The Kier molecular flexibility index (Phi) is 14.3. The zero-order valence-corrected chi connectivity index (χ0v) is 30.9. The fraction of sp³-hybridized carbons (Fsp3) is 0.250. The molecule has 276 valence electrons. The summed E-state index contributed by atoms with van der Waals surface area (Å²) in [7, 11) is 1.40. The van der Waals surface area contributed by atoms with E-state index < -0.39 is 29.9 Å². The van der Waals surface area contributed by atoms with Crippen molar-refractivity contribution < 1.29 is 39.0 Å². The van der Waals surface area contributed by atoms with Crippen molar-refractivity contribution in [2.75, 3.05) is 25.5 Å². The van der Waals surface area contributed by atoms with Crippen LogP contribution >= 0.6 is 23.2 Å². The van der Waals surface area contributed by atoms with Gasteiger partial charge in [0.2, 0.25) is 0 Å². The van der Waals surface area contributed by atoms with E-state index in [-0.39, 0.29) is 43.0 Å². The summed E-state index contributed by atoms with van der Waals surface area (Å²) in [6, 6.07) is 28.2. The third kappa shape index (κ3) is 10.1. The SMILES string of the molecule is CON=C1C[C@@H](C(=O)O)N(C(=O)c2ccc(-c3ccccc3C)cc2)C1.Cc1ccccc1-c1ccc(C(=O)N2CC(=O)C[C@H]2C(=O)O)cc1.ClCCl. The first kappa shape index (κ1) is 40.3. The number of hydrogen-bond donors (Lipinski definition) is 2. The van der Waals surface area contributed by atoms with Gasteiger partial charge in [-0.3, -0.25) is 14.4 Å². The minimum Gasteiger partial charge on any atom is -0.480 e. The number of aliphatic carboxylic acids is 2. The highest BCUT2D eigenvalue weighted by Gasteiger charge is 2.40. The van der Waals surface area contributed by atoms with Gasteiger partial charge in [-0.25, -0.2) is 9.59 Å². The first-order valence-electron chi connectivity index (χ1n) is 16.5. The fourth-order valence-corrected chi connectivity index (χ4v) is 6.17. The second kappa shape index (κ2) is 18.8. The summed E-state index contributed by atoms with van der Waals surface area (Å²) >= 11 is 9.53. The molecule has 2 atom stereocenters. The summed E-state index contributed by atoms with van der Waals surface area (Å²) in [6.45, 7) is 4.06. The molecule has 0 aromatic heterocycles. The molecule has 0 radical (unpaired) electrons. The number of rotatable bonds is 7. The maximum absolute atomic E-state index is 12.8. The first-order valence-corrected chi connectivity index (χ1v) is 17.6. The van der Waals surface area contributed by atoms with Crippen LogP contribution in [0.2, 0.25) is 0 Å². The number of ketones is 1. The molecule has 13 heteroatoms. The lowest BCUT2D eigenvalue weighted by molar-refractivity contribution is -0.142. The fourth-order valence-electron chi connectivity index (χ4n) is 6.17. The number of alkyl halides is 2. The molecule has 0 spiro atoms. The molecule has 2 aliphatic heterocycles. The molecule has 2 saturated heterocycles. The van der Waals surface area contributed by atoms with Gasteiger partial charge in [0.25, 0.3) is 11.8 Å². The predicted octanol–water partition coefficient (Wildman–Crippen LogP) is 6.92. The van der Waals surface area contributed by atoms with Crippen molar-refractivity contribution in [2.45, 2.75) is 38.8 Å². The Labute approximate surface area is 317 Å². The van der Waals surface area contributed by atoms with Gasteiger partial charge in [0, 0.05) is 24.0 Å². The van der Waals surface area contributed by atoms with Crippen molar-refractivity contribution >= 4 is 58.4 Å². The molecular weight excluding hydrogens is 721 g/mol. The first-order chi connectivity index (χ1) is 25.4. The number of carboxylic acids is 2. The van der Waals surface area contributed by atoms with Crippen LogP contribution < -0.4 is 0 Å². The van der Waals surface area contributed by atoms with Gasteiger partial charge in [0.05, 0.1) is 24.1 Å². The number of carbonyl (C=O) groups excluding carboxylic acids is 3. The van der Waals surface area contributed by atoms with E-state index in [2.05, 4.69) is 5.16 Å². The van der Waals surface area contributed by atoms with Crippen molar-refractivity contribution in [3.63, 3.8) is 0 Å². The van der Waals surface area contributed by atoms with Gasteiger partial charge < -0.3 is 24.9 Å². The van der Waals surface area contributed by atoms with Gasteiger partial charge in [-0.05, 0) is 71.5 Å². The van der Waals surface area contributed by atoms with Crippen LogP contribution in [0.5, 0.6) is 0 Å². The zero-order chi connectivity index (χ0) is 38.7. The number of aryl methyl sites for hydroxylation is 2. The number of likely N-dealkylation sites (tertiary alicyclic amines) is 2. The van der Waals surface area contributed by atoms with E-state index in [1.807, 2.05) is 86.6 Å². The predicted molar refractivity (Wildman–Crippen MR) is 203 cm³/mol. The minimum atomic E-state index is -1.15. The Morgan fingerprint density at radius 2 is 1.08 bits per heavy atom. The largest absolute Gasteiger partial charge is 0.480 e. The molecule has 2 heterocycles. The standard InChI is InChI=1S/C20H20N2O4.C19H17NO4.CH2Cl2/c1-13-5-3-4-6-17(13)14-7-9-15(10-8-14)19(23)22-12-16(21-26-2)11-18(22)20(24)25;1-12-4-2-3-5-16(12)13-6-8-14(9-7-13)18(22)20-11-15(21)10-17(20)19(23)24;2-1-3/h3-10,18H,11-12H2,1-2H3,(H,24,25);2-9,17H,10-11H2,1H3,(H,23,24);1H2/t18-;17-;/m00./s1. The van der Waals surface area contributed by atoms with Crippen LogP contribution in [-0.4, -0.2) is 92.9 Å². The zero-order valence-electron chi connectivity index (χ0n) is 29.4. The maximum atomic E-state index is 12.8. The highest BCUT2D eigenvalue weighted by molar-refractivity contribution is 6.40. The van der Waals surface area contributed by atoms with E-state index in [0.717, 1.165) is 38.3 Å². The number of nitrogens with zero attached hydrogens (tertiary/aromatic N) is 3. The van der Waals surface area contributed by atoms with Gasteiger partial charge in [0.15, 0.2) is 5.78 Å². The lowest BCUT2D eigenvalue weighted by Crippen LogP contribution is -2.40. The van der Waals surface area contributed by atoms with E-state index in [1.54, 1.807) is 24.3 Å². The number of hydrogen-bond acceptors (Lipinski definition) is 7. The molecule has 2 N–H and O–H groups in total. The highest BCUT2D eigenvalue weighted by atomic mass is 35.5. The molecule has 4 aromatic rings. The summed E-state index contributed by atoms with van der Waals surface area (Å²) in [5, 5.41) is 22.6. The van der Waals surface area contributed by atoms with E-state index in [1.165, 1.54) is 12.0 Å². The molecule has 53 heavy (non-hydrogen) atoms. The van der Waals surface area contributed by atoms with Crippen molar-refractivity contribution in [3.8, 4) is 22.3 Å². The maximum Gasteiger partial charge on any atom is 0.326 e. The summed E-state index contributed by atoms with van der Waals surface area (Å²) in [6.07, 6.45) is 0.0541. The molecule has 0 aliphatic carbocycles. The second-order valence-corrected chi connectivity index (χ2v) is 13.1. The van der Waals surface area contributed by atoms with Crippen LogP contribution in [0.4, 0.5) is 0 Å². The normalized spacial score (nSPS) is 17.0. The second-order valence-electron chi connectivity index (χ2n) is 12.2. The molecule has 2 fully saturated rings. The van der Waals surface area contributed by atoms with Crippen LogP contribution in [0.1, 0.15) is 44.7 Å². The van der Waals surface area contributed by atoms with Crippen LogP contribution in [-0.2, 0) is 19.2 Å². The average Bonchev–Trinajstić information content (AvgIpc) is 3.77. The number of amides is 2. The Morgan fingerprint density at radius 1 is 0.679 bits per heavy atom. The molecule has 0 unspecified atom stereocenters. The van der Waals surface area contributed by atoms with Crippen LogP contribution in [0.15, 0.2) is 102 Å². The summed E-state index contributed by atoms with van der Waals surface area (Å²) < 4.78 is 0.